The van der Waals surface area contributed by atoms with Gasteiger partial charge >= 0.3 is 0 Å². The molecule has 1 aromatic carbocycles. The average molecular weight is 324 g/mol. The van der Waals surface area contributed by atoms with E-state index < -0.39 is 6.10 Å². The maximum atomic E-state index is 10.1. The van der Waals surface area contributed by atoms with Crippen LogP contribution in [0.25, 0.3) is 10.2 Å². The highest BCUT2D eigenvalue weighted by atomic mass is 32.1. The Hall–Kier alpha value is -1.37. The Morgan fingerprint density at radius 2 is 2.00 bits per heavy atom. The van der Waals surface area contributed by atoms with Gasteiger partial charge in [-0.1, -0.05) is 17.4 Å². The summed E-state index contributed by atoms with van der Waals surface area (Å²) in [6, 6.07) is 3.68. The number of nitrogens with two attached hydrogens (primary N) is 1. The number of aliphatic hydroxyl groups is 1. The number of fused-ring (bicyclic) bond motifs is 1. The number of ether oxygens (including phenoxy) is 2. The first kappa shape index (κ1) is 17.0. The predicted molar refractivity (Wildman–Crippen MR) is 89.8 cm³/mol. The van der Waals surface area contributed by atoms with Crippen LogP contribution in [-0.2, 0) is 0 Å². The third kappa shape index (κ3) is 3.88. The number of nitrogens with zero attached hydrogens (tertiary/aromatic N) is 1. The number of thiazole rings is 1. The molecule has 2 rings (SSSR count). The summed E-state index contributed by atoms with van der Waals surface area (Å²) in [5.74, 6) is 0.685. The maximum Gasteiger partial charge on any atom is 0.274 e. The second kappa shape index (κ2) is 6.40. The van der Waals surface area contributed by atoms with Crippen LogP contribution in [0.4, 0.5) is 0 Å². The minimum absolute atomic E-state index is 0.0374. The van der Waals surface area contributed by atoms with Gasteiger partial charge in [0.1, 0.15) is 16.9 Å². The van der Waals surface area contributed by atoms with Gasteiger partial charge in [-0.05, 0) is 40.7 Å². The van der Waals surface area contributed by atoms with E-state index >= 15 is 0 Å². The summed E-state index contributed by atoms with van der Waals surface area (Å²) in [6.07, 6.45) is -0.686. The van der Waals surface area contributed by atoms with Gasteiger partial charge in [-0.15, -0.1) is 0 Å². The van der Waals surface area contributed by atoms with Crippen LogP contribution in [0, 0.1) is 0 Å². The molecule has 0 spiro atoms. The van der Waals surface area contributed by atoms with Gasteiger partial charge in [-0.3, -0.25) is 0 Å². The van der Waals surface area contributed by atoms with Crippen LogP contribution in [0.5, 0.6) is 10.9 Å². The van der Waals surface area contributed by atoms with Crippen molar-refractivity contribution in [3.8, 4) is 10.9 Å². The SMILES string of the molecule is CC(C)Oc1nc2c(OC(C)(C)C)ccc([C@@H](O)CN)c2s1. The summed E-state index contributed by atoms with van der Waals surface area (Å²) in [5, 5.41) is 10.7. The van der Waals surface area contributed by atoms with Gasteiger partial charge in [-0.25, -0.2) is 0 Å². The fraction of sp³-hybridized carbons (Fsp3) is 0.562. The minimum atomic E-state index is -0.724. The molecule has 1 heterocycles. The standard InChI is InChI=1S/C16H24N2O3S/c1-9(2)20-15-18-13-12(21-16(3,4)5)7-6-10(11(19)8-17)14(13)22-15/h6-7,9,11,19H,8,17H2,1-5H3/t11-/m0/s1. The zero-order valence-corrected chi connectivity index (χ0v) is 14.5. The Kier molecular flexibility index (Phi) is 4.94. The molecule has 1 aromatic heterocycles. The third-order valence-corrected chi connectivity index (χ3v) is 3.85. The molecule has 0 saturated heterocycles. The smallest absolute Gasteiger partial charge is 0.274 e. The molecular weight excluding hydrogens is 300 g/mol. The number of aromatic nitrogens is 1. The molecule has 5 nitrogen and oxygen atoms in total. The van der Waals surface area contributed by atoms with Crippen LogP contribution in [0.2, 0.25) is 0 Å². The molecule has 1 atom stereocenters. The average Bonchev–Trinajstić information content (AvgIpc) is 2.79. The van der Waals surface area contributed by atoms with Crippen LogP contribution < -0.4 is 15.2 Å². The van der Waals surface area contributed by atoms with Gasteiger partial charge in [0.05, 0.1) is 16.9 Å². The maximum absolute atomic E-state index is 10.1. The Labute approximate surface area is 135 Å². The molecule has 22 heavy (non-hydrogen) atoms. The summed E-state index contributed by atoms with van der Waals surface area (Å²) in [7, 11) is 0. The van der Waals surface area contributed by atoms with Crippen molar-refractivity contribution in [2.75, 3.05) is 6.54 Å². The molecule has 0 radical (unpaired) electrons. The van der Waals surface area contributed by atoms with Crippen molar-refractivity contribution in [2.24, 2.45) is 5.73 Å². The molecule has 2 aromatic rings. The van der Waals surface area contributed by atoms with Gasteiger partial charge in [0.2, 0.25) is 0 Å². The molecule has 0 aliphatic heterocycles. The van der Waals surface area contributed by atoms with Crippen molar-refractivity contribution in [1.82, 2.24) is 4.98 Å². The lowest BCUT2D eigenvalue weighted by molar-refractivity contribution is 0.132. The molecule has 0 amide bonds. The lowest BCUT2D eigenvalue weighted by atomic mass is 10.1. The van der Waals surface area contributed by atoms with E-state index in [-0.39, 0.29) is 18.2 Å². The first-order valence-corrected chi connectivity index (χ1v) is 8.20. The molecule has 0 saturated carbocycles. The van der Waals surface area contributed by atoms with E-state index in [4.69, 9.17) is 15.2 Å². The van der Waals surface area contributed by atoms with Gasteiger partial charge in [0.25, 0.3) is 5.19 Å². The second-order valence-electron chi connectivity index (χ2n) is 6.44. The van der Waals surface area contributed by atoms with E-state index in [1.165, 1.54) is 11.3 Å². The zero-order valence-electron chi connectivity index (χ0n) is 13.7. The second-order valence-corrected chi connectivity index (χ2v) is 7.40. The van der Waals surface area contributed by atoms with Crippen molar-refractivity contribution >= 4 is 21.6 Å². The van der Waals surface area contributed by atoms with Crippen LogP contribution in [0.3, 0.4) is 0 Å². The van der Waals surface area contributed by atoms with Crippen LogP contribution in [-0.4, -0.2) is 28.3 Å². The molecular formula is C16H24N2O3S. The Balaban J connectivity index is 2.56. The molecule has 0 aliphatic carbocycles. The van der Waals surface area contributed by atoms with E-state index in [2.05, 4.69) is 4.98 Å². The predicted octanol–water partition coefficient (Wildman–Crippen LogP) is 3.25. The number of aliphatic hydroxyl groups excluding tert-OH is 1. The van der Waals surface area contributed by atoms with E-state index in [0.717, 1.165) is 10.3 Å². The third-order valence-electron chi connectivity index (χ3n) is 2.85. The van der Waals surface area contributed by atoms with Crippen LogP contribution in [0.15, 0.2) is 12.1 Å². The lowest BCUT2D eigenvalue weighted by Gasteiger charge is -2.22. The quantitative estimate of drug-likeness (QED) is 0.883. The molecule has 6 heteroatoms. The summed E-state index contributed by atoms with van der Waals surface area (Å²) >= 11 is 1.41. The highest BCUT2D eigenvalue weighted by molar-refractivity contribution is 7.20. The van der Waals surface area contributed by atoms with Gasteiger partial charge < -0.3 is 20.3 Å². The summed E-state index contributed by atoms with van der Waals surface area (Å²) in [6.45, 7) is 10.0. The van der Waals surface area contributed by atoms with Crippen LogP contribution in [0.1, 0.15) is 46.3 Å². The zero-order chi connectivity index (χ0) is 16.5. The summed E-state index contributed by atoms with van der Waals surface area (Å²) < 4.78 is 12.5. The number of hydrogen-bond donors (Lipinski definition) is 2. The first-order valence-electron chi connectivity index (χ1n) is 7.38. The van der Waals surface area contributed by atoms with Crippen molar-refractivity contribution < 1.29 is 14.6 Å². The fourth-order valence-corrected chi connectivity index (χ4v) is 3.15. The van der Waals surface area contributed by atoms with Gasteiger partial charge in [0.15, 0.2) is 0 Å². The molecule has 3 N–H and O–H groups in total. The normalized spacial score (nSPS) is 13.6. The van der Waals surface area contributed by atoms with Crippen molar-refractivity contribution in [3.05, 3.63) is 17.7 Å². The monoisotopic (exact) mass is 324 g/mol. The molecule has 122 valence electrons. The minimum Gasteiger partial charge on any atom is -0.486 e. The number of hydrogen-bond acceptors (Lipinski definition) is 6. The number of rotatable bonds is 5. The van der Waals surface area contributed by atoms with Gasteiger partial charge in [0, 0.05) is 12.1 Å². The fourth-order valence-electron chi connectivity index (χ4n) is 2.04. The molecule has 0 bridgehead atoms. The first-order chi connectivity index (χ1) is 10.2. The van der Waals surface area contributed by atoms with E-state index in [1.807, 2.05) is 46.8 Å². The van der Waals surface area contributed by atoms with Crippen LogP contribution >= 0.6 is 11.3 Å². The molecule has 0 aliphatic rings. The largest absolute Gasteiger partial charge is 0.486 e. The number of benzene rings is 1. The van der Waals surface area contributed by atoms with Crippen molar-refractivity contribution in [1.29, 1.82) is 0 Å². The lowest BCUT2D eigenvalue weighted by Crippen LogP contribution is -2.23. The Morgan fingerprint density at radius 3 is 2.55 bits per heavy atom. The highest BCUT2D eigenvalue weighted by Crippen LogP contribution is 2.39. The molecule has 0 fully saturated rings. The summed E-state index contributed by atoms with van der Waals surface area (Å²) in [4.78, 5) is 4.53. The van der Waals surface area contributed by atoms with E-state index in [1.54, 1.807) is 0 Å². The summed E-state index contributed by atoms with van der Waals surface area (Å²) in [5.41, 5.74) is 6.73. The Morgan fingerprint density at radius 1 is 1.32 bits per heavy atom. The molecule has 0 unspecified atom stereocenters. The highest BCUT2D eigenvalue weighted by Gasteiger charge is 2.21. The van der Waals surface area contributed by atoms with E-state index in [0.29, 0.717) is 16.5 Å². The van der Waals surface area contributed by atoms with Gasteiger partial charge in [-0.2, -0.15) is 4.98 Å². The van der Waals surface area contributed by atoms with Crippen molar-refractivity contribution in [3.63, 3.8) is 0 Å². The van der Waals surface area contributed by atoms with Crippen molar-refractivity contribution in [2.45, 2.75) is 52.4 Å². The Bertz CT molecular complexity index is 647. The topological polar surface area (TPSA) is 77.6 Å². The van der Waals surface area contributed by atoms with E-state index in [9.17, 15) is 5.11 Å².